The van der Waals surface area contributed by atoms with Crippen molar-refractivity contribution in [1.29, 1.82) is 5.26 Å². The van der Waals surface area contributed by atoms with Gasteiger partial charge < -0.3 is 15.5 Å². The van der Waals surface area contributed by atoms with Crippen LogP contribution in [0.15, 0.2) is 54.9 Å². The zero-order valence-corrected chi connectivity index (χ0v) is 17.3. The van der Waals surface area contributed by atoms with Crippen molar-refractivity contribution in [2.24, 2.45) is 0 Å². The Hall–Kier alpha value is -4.32. The van der Waals surface area contributed by atoms with Gasteiger partial charge in [-0.2, -0.15) is 10.2 Å². The SMILES string of the molecule is CC(=O)Nc1cc(Nc2ncnc(N3CC=C(c4ccc(C#N)cc4)CC3)n2)ccc1F. The lowest BCUT2D eigenvalue weighted by molar-refractivity contribution is -0.114. The van der Waals surface area contributed by atoms with Crippen molar-refractivity contribution in [3.63, 3.8) is 0 Å². The average molecular weight is 429 g/mol. The minimum Gasteiger partial charge on any atom is -0.337 e. The Morgan fingerprint density at radius 1 is 1.19 bits per heavy atom. The molecular formula is C23H20FN7O. The Kier molecular flexibility index (Phi) is 6.03. The summed E-state index contributed by atoms with van der Waals surface area (Å²) in [6.07, 6.45) is 4.36. The zero-order valence-electron chi connectivity index (χ0n) is 17.3. The fourth-order valence-electron chi connectivity index (χ4n) is 3.39. The molecule has 160 valence electrons. The van der Waals surface area contributed by atoms with Crippen molar-refractivity contribution in [3.05, 3.63) is 71.8 Å². The molecule has 1 amide bonds. The van der Waals surface area contributed by atoms with Gasteiger partial charge in [-0.25, -0.2) is 14.4 Å². The Balaban J connectivity index is 1.46. The predicted octanol–water partition coefficient (Wildman–Crippen LogP) is 3.88. The van der Waals surface area contributed by atoms with Crippen LogP contribution in [-0.4, -0.2) is 33.9 Å². The lowest BCUT2D eigenvalue weighted by atomic mass is 9.99. The molecule has 2 aromatic carbocycles. The predicted molar refractivity (Wildman–Crippen MR) is 120 cm³/mol. The second kappa shape index (κ2) is 9.22. The van der Waals surface area contributed by atoms with Crippen molar-refractivity contribution in [2.45, 2.75) is 13.3 Å². The van der Waals surface area contributed by atoms with E-state index in [4.69, 9.17) is 5.26 Å². The standard InChI is InChI=1S/C23H20FN7O/c1-15(32)28-21-12-19(6-7-20(21)24)29-22-26-14-27-23(30-22)31-10-8-18(9-11-31)17-4-2-16(13-25)3-5-17/h2-8,12,14H,9-11H2,1H3,(H,28,32)(H,26,27,29,30). The van der Waals surface area contributed by atoms with E-state index in [0.29, 0.717) is 29.7 Å². The second-order valence-corrected chi connectivity index (χ2v) is 7.22. The van der Waals surface area contributed by atoms with Gasteiger partial charge in [-0.15, -0.1) is 0 Å². The van der Waals surface area contributed by atoms with Gasteiger partial charge >= 0.3 is 0 Å². The van der Waals surface area contributed by atoms with Crippen LogP contribution in [0.2, 0.25) is 0 Å². The number of nitrogens with zero attached hydrogens (tertiary/aromatic N) is 5. The summed E-state index contributed by atoms with van der Waals surface area (Å²) in [7, 11) is 0. The Morgan fingerprint density at radius 3 is 2.69 bits per heavy atom. The third-order valence-electron chi connectivity index (χ3n) is 4.97. The lowest BCUT2D eigenvalue weighted by Gasteiger charge is -2.26. The summed E-state index contributed by atoms with van der Waals surface area (Å²) in [5.41, 5.74) is 3.58. The Labute approximate surface area is 184 Å². The summed E-state index contributed by atoms with van der Waals surface area (Å²) in [6, 6.07) is 14.0. The molecule has 3 aromatic rings. The van der Waals surface area contributed by atoms with Crippen LogP contribution in [0.1, 0.15) is 24.5 Å². The molecule has 8 nitrogen and oxygen atoms in total. The highest BCUT2D eigenvalue weighted by Crippen LogP contribution is 2.25. The van der Waals surface area contributed by atoms with E-state index in [1.54, 1.807) is 0 Å². The number of nitrogens with one attached hydrogen (secondary N) is 2. The first-order chi connectivity index (χ1) is 15.5. The molecule has 1 aliphatic rings. The van der Waals surface area contributed by atoms with Crippen LogP contribution in [0.25, 0.3) is 5.57 Å². The maximum atomic E-state index is 13.9. The zero-order chi connectivity index (χ0) is 22.5. The fraction of sp³-hybridized carbons (Fsp3) is 0.174. The van der Waals surface area contributed by atoms with Crippen molar-refractivity contribution in [2.75, 3.05) is 28.6 Å². The van der Waals surface area contributed by atoms with Gasteiger partial charge in [0.25, 0.3) is 0 Å². The number of hydrogen-bond donors (Lipinski definition) is 2. The second-order valence-electron chi connectivity index (χ2n) is 7.22. The summed E-state index contributed by atoms with van der Waals surface area (Å²) in [6.45, 7) is 2.69. The number of hydrogen-bond acceptors (Lipinski definition) is 7. The van der Waals surface area contributed by atoms with Gasteiger partial charge in [0, 0.05) is 25.7 Å². The monoisotopic (exact) mass is 429 g/mol. The maximum Gasteiger partial charge on any atom is 0.232 e. The molecule has 9 heteroatoms. The van der Waals surface area contributed by atoms with Crippen molar-refractivity contribution in [3.8, 4) is 6.07 Å². The lowest BCUT2D eigenvalue weighted by Crippen LogP contribution is -2.30. The number of carbonyl (C=O) groups excluding carboxylic acids is 1. The largest absolute Gasteiger partial charge is 0.337 e. The van der Waals surface area contributed by atoms with E-state index < -0.39 is 5.82 Å². The molecule has 0 saturated carbocycles. The van der Waals surface area contributed by atoms with E-state index in [9.17, 15) is 9.18 Å². The molecule has 2 N–H and O–H groups in total. The normalized spacial score (nSPS) is 13.2. The number of anilines is 4. The highest BCUT2D eigenvalue weighted by Gasteiger charge is 2.16. The number of benzene rings is 2. The van der Waals surface area contributed by atoms with Crippen LogP contribution >= 0.6 is 0 Å². The Bertz CT molecular complexity index is 1220. The average Bonchev–Trinajstić information content (AvgIpc) is 2.81. The minimum atomic E-state index is -0.528. The van der Waals surface area contributed by atoms with Gasteiger partial charge in [0.2, 0.25) is 17.8 Å². The summed E-state index contributed by atoms with van der Waals surface area (Å²) in [5, 5.41) is 14.4. The third kappa shape index (κ3) is 4.87. The topological polar surface area (TPSA) is 107 Å². The van der Waals surface area contributed by atoms with Crippen LogP contribution in [-0.2, 0) is 4.79 Å². The molecule has 0 radical (unpaired) electrons. The third-order valence-corrected chi connectivity index (χ3v) is 4.97. The number of nitriles is 1. The van der Waals surface area contributed by atoms with Gasteiger partial charge in [-0.1, -0.05) is 18.2 Å². The van der Waals surface area contributed by atoms with E-state index in [2.05, 4.69) is 37.7 Å². The maximum absolute atomic E-state index is 13.9. The summed E-state index contributed by atoms with van der Waals surface area (Å²) < 4.78 is 13.9. The molecule has 0 bridgehead atoms. The van der Waals surface area contributed by atoms with Crippen LogP contribution in [0.3, 0.4) is 0 Å². The van der Waals surface area contributed by atoms with Gasteiger partial charge in [0.15, 0.2) is 0 Å². The summed E-state index contributed by atoms with van der Waals surface area (Å²) in [4.78, 5) is 26.2. The number of aromatic nitrogens is 3. The van der Waals surface area contributed by atoms with Crippen molar-refractivity contribution < 1.29 is 9.18 Å². The van der Waals surface area contributed by atoms with Crippen molar-refractivity contribution in [1.82, 2.24) is 15.0 Å². The van der Waals surface area contributed by atoms with E-state index in [-0.39, 0.29) is 11.6 Å². The first-order valence-corrected chi connectivity index (χ1v) is 9.99. The first kappa shape index (κ1) is 20.9. The van der Waals surface area contributed by atoms with Gasteiger partial charge in [0.1, 0.15) is 12.1 Å². The molecule has 0 spiro atoms. The molecule has 0 aliphatic carbocycles. The number of halogens is 1. The molecule has 32 heavy (non-hydrogen) atoms. The van der Waals surface area contributed by atoms with E-state index >= 15 is 0 Å². The smallest absolute Gasteiger partial charge is 0.232 e. The summed E-state index contributed by atoms with van der Waals surface area (Å²) >= 11 is 0. The highest BCUT2D eigenvalue weighted by atomic mass is 19.1. The van der Waals surface area contributed by atoms with Gasteiger partial charge in [0.05, 0.1) is 17.3 Å². The molecule has 1 aliphatic heterocycles. The molecule has 1 aromatic heterocycles. The molecule has 0 unspecified atom stereocenters. The molecule has 4 rings (SSSR count). The molecule has 0 saturated heterocycles. The van der Waals surface area contributed by atoms with Crippen molar-refractivity contribution >= 4 is 34.8 Å². The minimum absolute atomic E-state index is 0.0771. The van der Waals surface area contributed by atoms with E-state index in [1.165, 1.54) is 37.0 Å². The molecule has 0 fully saturated rings. The summed E-state index contributed by atoms with van der Waals surface area (Å²) in [5.74, 6) is -0.0404. The van der Waals surface area contributed by atoms with Gasteiger partial charge in [-0.3, -0.25) is 4.79 Å². The van der Waals surface area contributed by atoms with Crippen LogP contribution in [0, 0.1) is 17.1 Å². The number of rotatable bonds is 5. The van der Waals surface area contributed by atoms with Gasteiger partial charge in [-0.05, 0) is 47.9 Å². The van der Waals surface area contributed by atoms with E-state index in [0.717, 1.165) is 18.5 Å². The van der Waals surface area contributed by atoms with Crippen LogP contribution in [0.5, 0.6) is 0 Å². The van der Waals surface area contributed by atoms with E-state index in [1.807, 2.05) is 29.2 Å². The molecule has 2 heterocycles. The quantitative estimate of drug-likeness (QED) is 0.634. The van der Waals surface area contributed by atoms with Crippen LogP contribution in [0.4, 0.5) is 27.7 Å². The van der Waals surface area contributed by atoms with Crippen LogP contribution < -0.4 is 15.5 Å². The fourth-order valence-corrected chi connectivity index (χ4v) is 3.39. The molecular weight excluding hydrogens is 409 g/mol. The Morgan fingerprint density at radius 2 is 2.00 bits per heavy atom. The molecule has 0 atom stereocenters. The highest BCUT2D eigenvalue weighted by molar-refractivity contribution is 5.89. The number of amides is 1. The first-order valence-electron chi connectivity index (χ1n) is 9.99. The number of carbonyl (C=O) groups is 1.